The highest BCUT2D eigenvalue weighted by Crippen LogP contribution is 2.68. The molecule has 40 heavy (non-hydrogen) atoms. The van der Waals surface area contributed by atoms with Crippen LogP contribution < -0.4 is 11.1 Å². The molecule has 0 spiro atoms. The number of aliphatic hydroxyl groups is 1. The summed E-state index contributed by atoms with van der Waals surface area (Å²) in [6, 6.07) is -0.179. The Kier molecular flexibility index (Phi) is 9.91. The SMILES string of the molecule is COC(=O)CCC(C)[C@H]1CCC2C3CC[C@@H]4C[C@@H](NC(=O)CC[C@H](N)CC(=O)OC)CC[C@]4(C)C3C[C@H](O)[C@@]21C. The first-order chi connectivity index (χ1) is 18.9. The molecule has 1 amide bonds. The minimum atomic E-state index is -0.363. The minimum Gasteiger partial charge on any atom is -0.469 e. The Bertz CT molecular complexity index is 927. The van der Waals surface area contributed by atoms with Crippen LogP contribution in [0, 0.1) is 46.3 Å². The maximum absolute atomic E-state index is 12.7. The molecule has 8 nitrogen and oxygen atoms in total. The molecule has 4 saturated carbocycles. The Balaban J connectivity index is 1.35. The van der Waals surface area contributed by atoms with Gasteiger partial charge in [-0.15, -0.1) is 0 Å². The molecule has 0 heterocycles. The van der Waals surface area contributed by atoms with Gasteiger partial charge in [-0.25, -0.2) is 0 Å². The number of nitrogens with one attached hydrogen (secondary N) is 1. The van der Waals surface area contributed by atoms with Gasteiger partial charge in [0.15, 0.2) is 0 Å². The molecule has 4 fully saturated rings. The van der Waals surface area contributed by atoms with Crippen LogP contribution in [-0.4, -0.2) is 55.4 Å². The average Bonchev–Trinajstić information content (AvgIpc) is 3.29. The topological polar surface area (TPSA) is 128 Å². The molecule has 0 radical (unpaired) electrons. The Morgan fingerprint density at radius 1 is 0.950 bits per heavy atom. The van der Waals surface area contributed by atoms with Crippen molar-refractivity contribution in [2.75, 3.05) is 14.2 Å². The van der Waals surface area contributed by atoms with Crippen LogP contribution in [0.1, 0.15) is 104 Å². The van der Waals surface area contributed by atoms with Crippen LogP contribution in [0.3, 0.4) is 0 Å². The molecule has 0 aromatic heterocycles. The van der Waals surface area contributed by atoms with Crippen molar-refractivity contribution in [1.82, 2.24) is 5.32 Å². The Hall–Kier alpha value is -1.67. The molecule has 11 atom stereocenters. The van der Waals surface area contributed by atoms with E-state index in [4.69, 9.17) is 10.5 Å². The van der Waals surface area contributed by atoms with E-state index >= 15 is 0 Å². The molecular weight excluding hydrogens is 508 g/mol. The quantitative estimate of drug-likeness (QED) is 0.338. The number of methoxy groups -OCH3 is 2. The minimum absolute atomic E-state index is 0.0183. The molecule has 0 bridgehead atoms. The summed E-state index contributed by atoms with van der Waals surface area (Å²) in [5.74, 6) is 2.63. The number of hydrogen-bond donors (Lipinski definition) is 3. The van der Waals surface area contributed by atoms with E-state index in [2.05, 4.69) is 30.8 Å². The number of ether oxygens (including phenoxy) is 2. The summed E-state index contributed by atoms with van der Waals surface area (Å²) in [5, 5.41) is 15.0. The molecular formula is C32H54N2O6. The third kappa shape index (κ3) is 6.08. The van der Waals surface area contributed by atoms with E-state index in [-0.39, 0.29) is 53.3 Å². The smallest absolute Gasteiger partial charge is 0.307 e. The zero-order valence-electron chi connectivity index (χ0n) is 25.5. The standard InChI is InChI=1S/C32H54N2O6/c1-19(6-13-29(37)39-4)24-10-11-25-23-9-7-20-16-22(34-28(36)12-8-21(33)17-30(38)40-5)14-15-31(20,2)26(23)18-27(35)32(24,25)3/h19-27,35H,6-18,33H2,1-5H3,(H,34,36)/t19?,20-,21+,22+,23?,24-,25?,26?,27+,31+,32-/m1/s1. The number of rotatable bonds is 10. The maximum atomic E-state index is 12.7. The summed E-state index contributed by atoms with van der Waals surface area (Å²) in [4.78, 5) is 35.9. The number of fused-ring (bicyclic) bond motifs is 5. The third-order valence-corrected chi connectivity index (χ3v) is 12.3. The van der Waals surface area contributed by atoms with E-state index in [9.17, 15) is 19.5 Å². The van der Waals surface area contributed by atoms with Gasteiger partial charge in [0, 0.05) is 24.9 Å². The third-order valence-electron chi connectivity index (χ3n) is 12.3. The second-order valence-corrected chi connectivity index (χ2v) is 14.2. The van der Waals surface area contributed by atoms with Crippen LogP contribution in [0.2, 0.25) is 0 Å². The number of esters is 2. The molecule has 4 N–H and O–H groups in total. The zero-order chi connectivity index (χ0) is 29.2. The summed E-state index contributed by atoms with van der Waals surface area (Å²) >= 11 is 0. The predicted molar refractivity (Wildman–Crippen MR) is 153 cm³/mol. The van der Waals surface area contributed by atoms with E-state index in [1.54, 1.807) is 0 Å². The number of carbonyl (C=O) groups is 3. The first-order valence-electron chi connectivity index (χ1n) is 15.8. The average molecular weight is 563 g/mol. The molecule has 4 aliphatic rings. The Morgan fingerprint density at radius 3 is 2.38 bits per heavy atom. The summed E-state index contributed by atoms with van der Waals surface area (Å²) < 4.78 is 9.55. The highest BCUT2D eigenvalue weighted by Gasteiger charge is 2.63. The second-order valence-electron chi connectivity index (χ2n) is 14.2. The van der Waals surface area contributed by atoms with Crippen molar-refractivity contribution in [2.24, 2.45) is 52.1 Å². The molecule has 4 aliphatic carbocycles. The highest BCUT2D eigenvalue weighted by molar-refractivity contribution is 5.76. The number of carbonyl (C=O) groups excluding carboxylic acids is 3. The second kappa shape index (κ2) is 12.7. The predicted octanol–water partition coefficient (Wildman–Crippen LogP) is 4.36. The summed E-state index contributed by atoms with van der Waals surface area (Å²) in [6.45, 7) is 7.09. The molecule has 228 valence electrons. The fourth-order valence-corrected chi connectivity index (χ4v) is 9.98. The van der Waals surface area contributed by atoms with Crippen molar-refractivity contribution in [3.05, 3.63) is 0 Å². The van der Waals surface area contributed by atoms with Gasteiger partial charge in [-0.05, 0) is 111 Å². The van der Waals surface area contributed by atoms with Gasteiger partial charge >= 0.3 is 11.9 Å². The lowest BCUT2D eigenvalue weighted by Crippen LogP contribution is -2.59. The van der Waals surface area contributed by atoms with E-state index in [1.165, 1.54) is 33.5 Å². The molecule has 8 heteroatoms. The van der Waals surface area contributed by atoms with Crippen LogP contribution in [0.25, 0.3) is 0 Å². The number of amides is 1. The molecule has 0 aliphatic heterocycles. The summed E-state index contributed by atoms with van der Waals surface area (Å²) in [6.07, 6.45) is 10.6. The normalized spacial score (nSPS) is 40.1. The molecule has 4 unspecified atom stereocenters. The monoisotopic (exact) mass is 562 g/mol. The van der Waals surface area contributed by atoms with Gasteiger partial charge in [-0.3, -0.25) is 14.4 Å². The molecule has 4 rings (SSSR count). The largest absolute Gasteiger partial charge is 0.469 e. The van der Waals surface area contributed by atoms with Crippen LogP contribution in [-0.2, 0) is 23.9 Å². The molecule has 0 aromatic carbocycles. The van der Waals surface area contributed by atoms with Gasteiger partial charge in [-0.1, -0.05) is 20.8 Å². The lowest BCUT2D eigenvalue weighted by molar-refractivity contribution is -0.170. The number of hydrogen-bond acceptors (Lipinski definition) is 7. The summed E-state index contributed by atoms with van der Waals surface area (Å²) in [5.41, 5.74) is 6.11. The Labute approximate surface area is 240 Å². The summed E-state index contributed by atoms with van der Waals surface area (Å²) in [7, 11) is 2.80. The van der Waals surface area contributed by atoms with Gasteiger partial charge in [0.1, 0.15) is 0 Å². The van der Waals surface area contributed by atoms with Crippen LogP contribution in [0.15, 0.2) is 0 Å². The van der Waals surface area contributed by atoms with E-state index in [0.717, 1.165) is 38.5 Å². The maximum Gasteiger partial charge on any atom is 0.307 e. The van der Waals surface area contributed by atoms with Crippen molar-refractivity contribution in [2.45, 2.75) is 122 Å². The van der Waals surface area contributed by atoms with Crippen molar-refractivity contribution in [3.63, 3.8) is 0 Å². The Morgan fingerprint density at radius 2 is 1.68 bits per heavy atom. The molecule has 0 aromatic rings. The lowest BCUT2D eigenvalue weighted by Gasteiger charge is -2.62. The zero-order valence-corrected chi connectivity index (χ0v) is 25.5. The van der Waals surface area contributed by atoms with E-state index < -0.39 is 0 Å². The highest BCUT2D eigenvalue weighted by atomic mass is 16.5. The van der Waals surface area contributed by atoms with Gasteiger partial charge in [0.2, 0.25) is 5.91 Å². The van der Waals surface area contributed by atoms with Gasteiger partial charge < -0.3 is 25.6 Å². The van der Waals surface area contributed by atoms with Crippen molar-refractivity contribution in [3.8, 4) is 0 Å². The van der Waals surface area contributed by atoms with Gasteiger partial charge in [-0.2, -0.15) is 0 Å². The fourth-order valence-electron chi connectivity index (χ4n) is 9.98. The molecule has 0 saturated heterocycles. The van der Waals surface area contributed by atoms with Crippen molar-refractivity contribution < 1.29 is 29.0 Å². The van der Waals surface area contributed by atoms with Gasteiger partial charge in [0.25, 0.3) is 0 Å². The number of aliphatic hydroxyl groups excluding tert-OH is 1. The van der Waals surface area contributed by atoms with Gasteiger partial charge in [0.05, 0.1) is 26.7 Å². The first kappa shape index (κ1) is 31.3. The van der Waals surface area contributed by atoms with Crippen molar-refractivity contribution >= 4 is 17.8 Å². The lowest BCUT2D eigenvalue weighted by atomic mass is 9.43. The van der Waals surface area contributed by atoms with Crippen LogP contribution in [0.5, 0.6) is 0 Å². The van der Waals surface area contributed by atoms with Crippen molar-refractivity contribution in [1.29, 1.82) is 0 Å². The first-order valence-corrected chi connectivity index (χ1v) is 15.8. The number of nitrogens with two attached hydrogens (primary N) is 1. The van der Waals surface area contributed by atoms with Crippen LogP contribution >= 0.6 is 0 Å². The van der Waals surface area contributed by atoms with E-state index in [1.807, 2.05) is 0 Å². The van der Waals surface area contributed by atoms with E-state index in [0.29, 0.717) is 54.8 Å². The van der Waals surface area contributed by atoms with Crippen LogP contribution in [0.4, 0.5) is 0 Å². The fraction of sp³-hybridized carbons (Fsp3) is 0.906.